The van der Waals surface area contributed by atoms with Crippen LogP contribution >= 0.6 is 0 Å². The first-order chi connectivity index (χ1) is 7.56. The van der Waals surface area contributed by atoms with Crippen LogP contribution in [-0.4, -0.2) is 38.9 Å². The molecule has 0 fully saturated rings. The van der Waals surface area contributed by atoms with Crippen LogP contribution in [0.15, 0.2) is 6.20 Å². The second kappa shape index (κ2) is 5.23. The fourth-order valence-corrected chi connectivity index (χ4v) is 1.35. The molecule has 5 heteroatoms. The summed E-state index contributed by atoms with van der Waals surface area (Å²) in [4.78, 5) is 8.48. The number of nitrogens with zero attached hydrogens (tertiary/aromatic N) is 2. The largest absolute Gasteiger partial charge is 0.394 e. The third kappa shape index (κ3) is 2.68. The maximum atomic E-state index is 9.33. The zero-order chi connectivity index (χ0) is 12.2. The van der Waals surface area contributed by atoms with Gasteiger partial charge in [-0.25, -0.2) is 4.98 Å². The Morgan fingerprint density at radius 1 is 1.31 bits per heavy atom. The number of aromatic nitrogens is 2. The van der Waals surface area contributed by atoms with E-state index in [1.165, 1.54) is 0 Å². The minimum Gasteiger partial charge on any atom is -0.394 e. The molecule has 0 amide bonds. The van der Waals surface area contributed by atoms with Crippen LogP contribution in [0.25, 0.3) is 0 Å². The quantitative estimate of drug-likeness (QED) is 0.685. The Bertz CT molecular complexity index is 343. The summed E-state index contributed by atoms with van der Waals surface area (Å²) in [6, 6.07) is 0. The van der Waals surface area contributed by atoms with Crippen molar-refractivity contribution in [1.29, 1.82) is 0 Å². The summed E-state index contributed by atoms with van der Waals surface area (Å²) in [5, 5.41) is 21.7. The molecule has 1 aromatic rings. The Kier molecular flexibility index (Phi) is 4.20. The molecule has 16 heavy (non-hydrogen) atoms. The average Bonchev–Trinajstić information content (AvgIpc) is 2.31. The molecule has 0 aromatic carbocycles. The van der Waals surface area contributed by atoms with Gasteiger partial charge in [0.15, 0.2) is 0 Å². The minimum absolute atomic E-state index is 0.144. The Morgan fingerprint density at radius 2 is 1.94 bits per heavy atom. The van der Waals surface area contributed by atoms with Crippen molar-refractivity contribution in [3.63, 3.8) is 0 Å². The van der Waals surface area contributed by atoms with Crippen molar-refractivity contribution in [1.82, 2.24) is 9.97 Å². The van der Waals surface area contributed by atoms with Crippen molar-refractivity contribution in [2.24, 2.45) is 0 Å². The molecule has 0 aliphatic carbocycles. The number of anilines is 1. The van der Waals surface area contributed by atoms with E-state index in [1.54, 1.807) is 6.20 Å². The van der Waals surface area contributed by atoms with Crippen LogP contribution in [0.2, 0.25) is 0 Å². The van der Waals surface area contributed by atoms with Gasteiger partial charge < -0.3 is 15.5 Å². The van der Waals surface area contributed by atoms with E-state index in [1.807, 2.05) is 20.8 Å². The Morgan fingerprint density at radius 3 is 2.44 bits per heavy atom. The molecule has 0 spiro atoms. The summed E-state index contributed by atoms with van der Waals surface area (Å²) in [5.41, 5.74) is 0.826. The molecule has 0 radical (unpaired) electrons. The van der Waals surface area contributed by atoms with Gasteiger partial charge in [-0.1, -0.05) is 6.92 Å². The van der Waals surface area contributed by atoms with E-state index in [0.717, 1.165) is 11.4 Å². The first kappa shape index (κ1) is 12.9. The van der Waals surface area contributed by atoms with Crippen LogP contribution in [0.3, 0.4) is 0 Å². The number of hydrogen-bond donors (Lipinski definition) is 3. The summed E-state index contributed by atoms with van der Waals surface area (Å²) >= 11 is 0. The summed E-state index contributed by atoms with van der Waals surface area (Å²) in [6.45, 7) is 5.30. The van der Waals surface area contributed by atoms with Gasteiger partial charge in [0, 0.05) is 6.20 Å². The number of hydrogen-bond acceptors (Lipinski definition) is 5. The van der Waals surface area contributed by atoms with Crippen molar-refractivity contribution in [3.05, 3.63) is 17.6 Å². The summed E-state index contributed by atoms with van der Waals surface area (Å²) in [7, 11) is 0. The summed E-state index contributed by atoms with van der Waals surface area (Å²) in [6.07, 6.45) is 2.29. The smallest absolute Gasteiger partial charge is 0.148 e. The van der Waals surface area contributed by atoms with E-state index in [9.17, 15) is 10.2 Å². The van der Waals surface area contributed by atoms with E-state index < -0.39 is 5.54 Å². The van der Waals surface area contributed by atoms with E-state index in [2.05, 4.69) is 15.3 Å². The topological polar surface area (TPSA) is 78.3 Å². The molecule has 1 rings (SSSR count). The van der Waals surface area contributed by atoms with Crippen molar-refractivity contribution in [2.45, 2.75) is 32.7 Å². The van der Waals surface area contributed by atoms with Gasteiger partial charge >= 0.3 is 0 Å². The highest BCUT2D eigenvalue weighted by Crippen LogP contribution is 2.18. The van der Waals surface area contributed by atoms with Gasteiger partial charge in [-0.05, 0) is 20.3 Å². The van der Waals surface area contributed by atoms with Gasteiger partial charge in [0.2, 0.25) is 0 Å². The van der Waals surface area contributed by atoms with Crippen LogP contribution in [0.5, 0.6) is 0 Å². The van der Waals surface area contributed by atoms with Crippen molar-refractivity contribution >= 4 is 5.82 Å². The fourth-order valence-electron chi connectivity index (χ4n) is 1.35. The van der Waals surface area contributed by atoms with Gasteiger partial charge in [-0.15, -0.1) is 0 Å². The molecule has 0 aliphatic heterocycles. The van der Waals surface area contributed by atoms with Gasteiger partial charge in [0.1, 0.15) is 5.82 Å². The summed E-state index contributed by atoms with van der Waals surface area (Å²) in [5.74, 6) is 0.616. The highest BCUT2D eigenvalue weighted by Gasteiger charge is 2.27. The molecule has 90 valence electrons. The molecule has 0 unspecified atom stereocenters. The van der Waals surface area contributed by atoms with E-state index >= 15 is 0 Å². The molecule has 0 saturated carbocycles. The fraction of sp³-hybridized carbons (Fsp3) is 0.636. The van der Waals surface area contributed by atoms with Crippen molar-refractivity contribution in [2.75, 3.05) is 18.5 Å². The highest BCUT2D eigenvalue weighted by molar-refractivity contribution is 5.42. The zero-order valence-electron chi connectivity index (χ0n) is 9.99. The minimum atomic E-state index is -0.729. The lowest BCUT2D eigenvalue weighted by atomic mass is 9.98. The predicted molar refractivity (Wildman–Crippen MR) is 62.3 cm³/mol. The molecular formula is C11H19N3O2. The molecule has 1 heterocycles. The lowest BCUT2D eigenvalue weighted by molar-refractivity contribution is 0.132. The number of rotatable bonds is 5. The van der Waals surface area contributed by atoms with Crippen LogP contribution in [0.4, 0.5) is 5.82 Å². The Labute approximate surface area is 95.6 Å². The predicted octanol–water partition coefficient (Wildman–Crippen LogP) is 0.639. The van der Waals surface area contributed by atoms with Crippen molar-refractivity contribution in [3.8, 4) is 0 Å². The van der Waals surface area contributed by atoms with Gasteiger partial charge in [0.05, 0.1) is 30.1 Å². The third-order valence-electron chi connectivity index (χ3n) is 2.74. The van der Waals surface area contributed by atoms with Crippen molar-refractivity contribution < 1.29 is 10.2 Å². The van der Waals surface area contributed by atoms with E-state index in [-0.39, 0.29) is 13.2 Å². The second-order valence-corrected chi connectivity index (χ2v) is 4.02. The second-order valence-electron chi connectivity index (χ2n) is 4.02. The van der Waals surface area contributed by atoms with Crippen LogP contribution in [0, 0.1) is 13.8 Å². The lowest BCUT2D eigenvalue weighted by Crippen LogP contribution is -2.45. The molecule has 0 bridgehead atoms. The van der Waals surface area contributed by atoms with Crippen LogP contribution < -0.4 is 5.32 Å². The molecule has 0 aliphatic rings. The zero-order valence-corrected chi connectivity index (χ0v) is 9.99. The maximum absolute atomic E-state index is 9.33. The molecule has 5 nitrogen and oxygen atoms in total. The SMILES string of the molecule is CCC(CO)(CO)Nc1nc(C)cnc1C. The normalized spacial score (nSPS) is 11.6. The third-order valence-corrected chi connectivity index (χ3v) is 2.74. The van der Waals surface area contributed by atoms with Gasteiger partial charge in [0.25, 0.3) is 0 Å². The lowest BCUT2D eigenvalue weighted by Gasteiger charge is -2.30. The number of aliphatic hydroxyl groups is 2. The van der Waals surface area contributed by atoms with Crippen LogP contribution in [0.1, 0.15) is 24.7 Å². The molecule has 0 saturated heterocycles. The number of aryl methyl sites for hydroxylation is 2. The first-order valence-corrected chi connectivity index (χ1v) is 5.37. The van der Waals surface area contributed by atoms with Gasteiger partial charge in [-0.2, -0.15) is 0 Å². The van der Waals surface area contributed by atoms with E-state index in [0.29, 0.717) is 12.2 Å². The van der Waals surface area contributed by atoms with Crippen LogP contribution in [-0.2, 0) is 0 Å². The highest BCUT2D eigenvalue weighted by atomic mass is 16.3. The Balaban J connectivity index is 2.97. The van der Waals surface area contributed by atoms with E-state index in [4.69, 9.17) is 0 Å². The molecule has 0 atom stereocenters. The van der Waals surface area contributed by atoms with Gasteiger partial charge in [-0.3, -0.25) is 4.98 Å². The first-order valence-electron chi connectivity index (χ1n) is 5.37. The number of aliphatic hydroxyl groups excluding tert-OH is 2. The Hall–Kier alpha value is -1.20. The maximum Gasteiger partial charge on any atom is 0.148 e. The monoisotopic (exact) mass is 225 g/mol. The molecular weight excluding hydrogens is 206 g/mol. The number of nitrogens with one attached hydrogen (secondary N) is 1. The summed E-state index contributed by atoms with van der Waals surface area (Å²) < 4.78 is 0. The average molecular weight is 225 g/mol. The molecule has 3 N–H and O–H groups in total. The standard InChI is InChI=1S/C11H19N3O2/c1-4-11(6-15,7-16)14-10-9(3)12-5-8(2)13-10/h5,15-16H,4,6-7H2,1-3H3,(H,13,14). The molecule has 1 aromatic heterocycles.